The average molecular weight is 514 g/mol. The second-order valence-electron chi connectivity index (χ2n) is 8.60. The fraction of sp³-hybridized carbons (Fsp3) is 0.333. The van der Waals surface area contributed by atoms with E-state index < -0.39 is 15.8 Å². The van der Waals surface area contributed by atoms with Gasteiger partial charge in [0, 0.05) is 45.0 Å². The zero-order valence-corrected chi connectivity index (χ0v) is 21.7. The molecule has 1 saturated heterocycles. The van der Waals surface area contributed by atoms with Gasteiger partial charge in [-0.3, -0.25) is 9.21 Å². The molecule has 0 saturated carbocycles. The van der Waals surface area contributed by atoms with Crippen LogP contribution in [0.2, 0.25) is 0 Å². The van der Waals surface area contributed by atoms with E-state index in [9.17, 15) is 12.8 Å². The Morgan fingerprint density at radius 3 is 2.19 bits per heavy atom. The van der Waals surface area contributed by atoms with Gasteiger partial charge in [-0.05, 0) is 67.1 Å². The molecule has 9 heteroatoms. The summed E-state index contributed by atoms with van der Waals surface area (Å²) < 4.78 is 52.1. The lowest BCUT2D eigenvalue weighted by Crippen LogP contribution is -2.46. The summed E-state index contributed by atoms with van der Waals surface area (Å²) in [5.41, 5.74) is 2.45. The molecule has 192 valence electrons. The van der Waals surface area contributed by atoms with Crippen LogP contribution in [0, 0.1) is 5.82 Å². The minimum absolute atomic E-state index is 0.185. The Kier molecular flexibility index (Phi) is 8.01. The molecule has 1 heterocycles. The SMILES string of the molecule is CCN(c1cccc(F)c1)S(=O)(=O)c1ccc(N2CCN(Cc3ccc(OC)c(OC)c3)CC2)cc1. The van der Waals surface area contributed by atoms with Crippen LogP contribution < -0.4 is 18.7 Å². The molecule has 3 aromatic rings. The fourth-order valence-corrected chi connectivity index (χ4v) is 5.95. The van der Waals surface area contributed by atoms with Crippen molar-refractivity contribution in [2.75, 3.05) is 56.1 Å². The Balaban J connectivity index is 1.39. The first-order chi connectivity index (χ1) is 17.3. The van der Waals surface area contributed by atoms with Crippen LogP contribution >= 0.6 is 0 Å². The summed E-state index contributed by atoms with van der Waals surface area (Å²) >= 11 is 0. The number of nitrogens with zero attached hydrogens (tertiary/aromatic N) is 3. The van der Waals surface area contributed by atoms with Crippen molar-refractivity contribution >= 4 is 21.4 Å². The maximum Gasteiger partial charge on any atom is 0.264 e. The molecule has 0 radical (unpaired) electrons. The zero-order chi connectivity index (χ0) is 25.7. The number of hydrogen-bond donors (Lipinski definition) is 0. The summed E-state index contributed by atoms with van der Waals surface area (Å²) in [6.07, 6.45) is 0. The Labute approximate surface area is 212 Å². The molecule has 1 aliphatic heterocycles. The quantitative estimate of drug-likeness (QED) is 0.423. The molecular formula is C27H32FN3O4S. The van der Waals surface area contributed by atoms with Gasteiger partial charge < -0.3 is 14.4 Å². The van der Waals surface area contributed by atoms with Gasteiger partial charge in [-0.15, -0.1) is 0 Å². The number of ether oxygens (including phenoxy) is 2. The third-order valence-electron chi connectivity index (χ3n) is 6.40. The van der Waals surface area contributed by atoms with Gasteiger partial charge in [0.2, 0.25) is 0 Å². The summed E-state index contributed by atoms with van der Waals surface area (Å²) in [6, 6.07) is 18.6. The van der Waals surface area contributed by atoms with Crippen molar-refractivity contribution in [1.82, 2.24) is 4.90 Å². The molecular weight excluding hydrogens is 481 g/mol. The molecule has 7 nitrogen and oxygen atoms in total. The number of methoxy groups -OCH3 is 2. The largest absolute Gasteiger partial charge is 0.493 e. The van der Waals surface area contributed by atoms with Gasteiger partial charge in [0.05, 0.1) is 24.8 Å². The van der Waals surface area contributed by atoms with Crippen LogP contribution in [0.4, 0.5) is 15.8 Å². The van der Waals surface area contributed by atoms with Crippen LogP contribution in [0.15, 0.2) is 71.6 Å². The Morgan fingerprint density at radius 1 is 0.889 bits per heavy atom. The second kappa shape index (κ2) is 11.2. The zero-order valence-electron chi connectivity index (χ0n) is 20.9. The van der Waals surface area contributed by atoms with E-state index in [-0.39, 0.29) is 11.4 Å². The van der Waals surface area contributed by atoms with E-state index in [1.807, 2.05) is 24.3 Å². The molecule has 1 aliphatic rings. The molecule has 0 N–H and O–H groups in total. The lowest BCUT2D eigenvalue weighted by Gasteiger charge is -2.36. The maximum absolute atomic E-state index is 13.7. The van der Waals surface area contributed by atoms with Gasteiger partial charge in [0.25, 0.3) is 10.0 Å². The van der Waals surface area contributed by atoms with Crippen molar-refractivity contribution < 1.29 is 22.3 Å². The smallest absolute Gasteiger partial charge is 0.264 e. The molecule has 0 bridgehead atoms. The number of anilines is 2. The highest BCUT2D eigenvalue weighted by Crippen LogP contribution is 2.29. The van der Waals surface area contributed by atoms with Crippen molar-refractivity contribution in [3.63, 3.8) is 0 Å². The van der Waals surface area contributed by atoms with Crippen molar-refractivity contribution in [1.29, 1.82) is 0 Å². The molecule has 3 aromatic carbocycles. The van der Waals surface area contributed by atoms with Crippen LogP contribution in [0.3, 0.4) is 0 Å². The molecule has 0 atom stereocenters. The summed E-state index contributed by atoms with van der Waals surface area (Å²) in [7, 11) is -0.537. The predicted octanol–water partition coefficient (Wildman–Crippen LogP) is 4.38. The number of benzene rings is 3. The van der Waals surface area contributed by atoms with Crippen molar-refractivity contribution in [2.24, 2.45) is 0 Å². The van der Waals surface area contributed by atoms with E-state index in [2.05, 4.69) is 15.9 Å². The first-order valence-electron chi connectivity index (χ1n) is 11.9. The highest BCUT2D eigenvalue weighted by Gasteiger charge is 2.25. The van der Waals surface area contributed by atoms with E-state index in [4.69, 9.17) is 9.47 Å². The highest BCUT2D eigenvalue weighted by atomic mass is 32.2. The summed E-state index contributed by atoms with van der Waals surface area (Å²) in [5, 5.41) is 0. The van der Waals surface area contributed by atoms with E-state index in [0.717, 1.165) is 55.5 Å². The van der Waals surface area contributed by atoms with Crippen LogP contribution in [0.25, 0.3) is 0 Å². The first-order valence-corrected chi connectivity index (χ1v) is 13.4. The maximum atomic E-state index is 13.7. The first kappa shape index (κ1) is 25.8. The van der Waals surface area contributed by atoms with E-state index in [0.29, 0.717) is 5.69 Å². The normalized spacial score (nSPS) is 14.5. The molecule has 1 fully saturated rings. The monoisotopic (exact) mass is 513 g/mol. The number of rotatable bonds is 9. The van der Waals surface area contributed by atoms with Gasteiger partial charge in [0.1, 0.15) is 5.82 Å². The standard InChI is InChI=1S/C27H32FN3O4S/c1-4-31(24-7-5-6-22(28)19-24)36(32,33)25-11-9-23(10-12-25)30-16-14-29(15-17-30)20-21-8-13-26(34-2)27(18-21)35-3/h5-13,18-19H,4,14-17,20H2,1-3H3. The lowest BCUT2D eigenvalue weighted by molar-refractivity contribution is 0.249. The summed E-state index contributed by atoms with van der Waals surface area (Å²) in [6.45, 7) is 6.20. The second-order valence-corrected chi connectivity index (χ2v) is 10.5. The molecule has 0 aromatic heterocycles. The number of hydrogen-bond acceptors (Lipinski definition) is 6. The topological polar surface area (TPSA) is 62.3 Å². The minimum Gasteiger partial charge on any atom is -0.493 e. The molecule has 0 amide bonds. The average Bonchev–Trinajstić information content (AvgIpc) is 2.89. The Hall–Kier alpha value is -3.30. The molecule has 0 unspecified atom stereocenters. The number of halogens is 1. The van der Waals surface area contributed by atoms with E-state index in [1.54, 1.807) is 39.3 Å². The van der Waals surface area contributed by atoms with Gasteiger partial charge in [-0.2, -0.15) is 0 Å². The predicted molar refractivity (Wildman–Crippen MR) is 140 cm³/mol. The highest BCUT2D eigenvalue weighted by molar-refractivity contribution is 7.92. The third-order valence-corrected chi connectivity index (χ3v) is 8.32. The summed E-state index contributed by atoms with van der Waals surface area (Å²) in [4.78, 5) is 4.82. The van der Waals surface area contributed by atoms with Gasteiger partial charge in [-0.25, -0.2) is 12.8 Å². The van der Waals surface area contributed by atoms with Crippen molar-refractivity contribution in [3.8, 4) is 11.5 Å². The Bertz CT molecular complexity index is 1280. The lowest BCUT2D eigenvalue weighted by atomic mass is 10.1. The number of sulfonamides is 1. The third kappa shape index (κ3) is 5.57. The van der Waals surface area contributed by atoms with E-state index in [1.165, 1.54) is 22.5 Å². The van der Waals surface area contributed by atoms with Crippen LogP contribution in [0.1, 0.15) is 12.5 Å². The van der Waals surface area contributed by atoms with Crippen LogP contribution in [-0.4, -0.2) is 60.3 Å². The number of piperazine rings is 1. The fourth-order valence-electron chi connectivity index (χ4n) is 4.48. The minimum atomic E-state index is -3.80. The van der Waals surface area contributed by atoms with Gasteiger partial charge >= 0.3 is 0 Å². The van der Waals surface area contributed by atoms with Crippen molar-refractivity contribution in [3.05, 3.63) is 78.1 Å². The van der Waals surface area contributed by atoms with Gasteiger partial charge in [-0.1, -0.05) is 12.1 Å². The Morgan fingerprint density at radius 2 is 1.58 bits per heavy atom. The molecule has 0 spiro atoms. The van der Waals surface area contributed by atoms with Gasteiger partial charge in [0.15, 0.2) is 11.5 Å². The van der Waals surface area contributed by atoms with Crippen molar-refractivity contribution in [2.45, 2.75) is 18.4 Å². The van der Waals surface area contributed by atoms with Crippen LogP contribution in [-0.2, 0) is 16.6 Å². The van der Waals surface area contributed by atoms with E-state index >= 15 is 0 Å². The molecule has 4 rings (SSSR count). The molecule has 36 heavy (non-hydrogen) atoms. The summed E-state index contributed by atoms with van der Waals surface area (Å²) in [5.74, 6) is 0.971. The van der Waals surface area contributed by atoms with Crippen LogP contribution in [0.5, 0.6) is 11.5 Å². The molecule has 0 aliphatic carbocycles.